The zero-order valence-corrected chi connectivity index (χ0v) is 15.2. The highest BCUT2D eigenvalue weighted by molar-refractivity contribution is 5.77. The van der Waals surface area contributed by atoms with Gasteiger partial charge in [0, 0.05) is 6.07 Å². The highest BCUT2D eigenvalue weighted by Crippen LogP contribution is 2.29. The smallest absolute Gasteiger partial charge is 0.275 e. The predicted octanol–water partition coefficient (Wildman–Crippen LogP) is 0.399. The number of carbonyl (C=O) groups is 1. The van der Waals surface area contributed by atoms with Gasteiger partial charge in [-0.25, -0.2) is 4.98 Å². The second-order valence-corrected chi connectivity index (χ2v) is 7.37. The Kier molecular flexibility index (Phi) is 5.16. The molecule has 1 amide bonds. The molecule has 0 bridgehead atoms. The van der Waals surface area contributed by atoms with Crippen molar-refractivity contribution < 1.29 is 14.7 Å². The van der Waals surface area contributed by atoms with Crippen LogP contribution >= 0.6 is 0 Å². The van der Waals surface area contributed by atoms with Crippen LogP contribution in [0.3, 0.4) is 0 Å². The van der Waals surface area contributed by atoms with Crippen molar-refractivity contribution >= 4 is 11.7 Å². The number of aromatic nitrogens is 1. The van der Waals surface area contributed by atoms with Crippen LogP contribution < -0.4 is 20.1 Å². The van der Waals surface area contributed by atoms with E-state index in [4.69, 9.17) is 0 Å². The third-order valence-corrected chi connectivity index (χ3v) is 5.62. The van der Waals surface area contributed by atoms with Gasteiger partial charge in [-0.05, 0) is 36.5 Å². The minimum absolute atomic E-state index is 0.182. The number of hydrogen-bond acceptors (Lipinski definition) is 2. The van der Waals surface area contributed by atoms with Crippen LogP contribution in [0.1, 0.15) is 30.0 Å². The van der Waals surface area contributed by atoms with Crippen molar-refractivity contribution in [2.24, 2.45) is 0 Å². The maximum atomic E-state index is 12.6. The molecule has 1 aliphatic heterocycles. The summed E-state index contributed by atoms with van der Waals surface area (Å²) < 4.78 is 0. The SMILES string of the molecule is O=C(C[NH+]1CCN(c2cccc[nH+]2)CC1)N[C@H]1CCCc2ccccc21. The molecule has 5 nitrogen and oxygen atoms in total. The number of nitrogens with one attached hydrogen (secondary N) is 3. The Labute approximate surface area is 155 Å². The molecule has 2 heterocycles. The summed E-state index contributed by atoms with van der Waals surface area (Å²) in [5.74, 6) is 1.34. The summed E-state index contributed by atoms with van der Waals surface area (Å²) >= 11 is 0. The Hall–Kier alpha value is -2.40. The lowest BCUT2D eigenvalue weighted by Crippen LogP contribution is -3.16. The number of nitrogens with zero attached hydrogens (tertiary/aromatic N) is 1. The maximum absolute atomic E-state index is 12.6. The molecule has 2 aromatic rings. The van der Waals surface area contributed by atoms with E-state index in [-0.39, 0.29) is 11.9 Å². The standard InChI is InChI=1S/C21H26N4O/c26-21(23-19-9-5-7-17-6-1-2-8-18(17)19)16-24-12-14-25(15-13-24)20-10-3-4-11-22-20/h1-4,6,8,10-11,19H,5,7,9,12-16H2,(H,23,26)/p+2/t19-/m0/s1. The van der Waals surface area contributed by atoms with Gasteiger partial charge in [-0.15, -0.1) is 0 Å². The molecule has 1 aromatic carbocycles. The number of pyridine rings is 1. The van der Waals surface area contributed by atoms with Crippen molar-refractivity contribution in [3.63, 3.8) is 0 Å². The number of benzene rings is 1. The van der Waals surface area contributed by atoms with Gasteiger partial charge >= 0.3 is 0 Å². The number of aromatic amines is 1. The summed E-state index contributed by atoms with van der Waals surface area (Å²) in [6.45, 7) is 4.53. The highest BCUT2D eigenvalue weighted by atomic mass is 16.2. The molecule has 4 rings (SSSR count). The number of amides is 1. The Morgan fingerprint density at radius 1 is 1.15 bits per heavy atom. The number of piperazine rings is 1. The highest BCUT2D eigenvalue weighted by Gasteiger charge is 2.28. The van der Waals surface area contributed by atoms with Gasteiger partial charge in [0.05, 0.1) is 12.2 Å². The lowest BCUT2D eigenvalue weighted by atomic mass is 9.88. The van der Waals surface area contributed by atoms with Crippen LogP contribution in [-0.4, -0.2) is 38.6 Å². The molecule has 1 aliphatic carbocycles. The molecule has 3 N–H and O–H groups in total. The van der Waals surface area contributed by atoms with Crippen LogP contribution in [0, 0.1) is 0 Å². The van der Waals surface area contributed by atoms with Crippen LogP contribution in [0.5, 0.6) is 0 Å². The molecule has 1 fully saturated rings. The first-order valence-electron chi connectivity index (χ1n) is 9.72. The van der Waals surface area contributed by atoms with Gasteiger partial charge in [-0.3, -0.25) is 9.69 Å². The predicted molar refractivity (Wildman–Crippen MR) is 101 cm³/mol. The van der Waals surface area contributed by atoms with Crippen LogP contribution in [0.2, 0.25) is 0 Å². The lowest BCUT2D eigenvalue weighted by Gasteiger charge is -2.29. The molecule has 1 saturated heterocycles. The molecule has 1 aromatic heterocycles. The van der Waals surface area contributed by atoms with Gasteiger partial charge < -0.3 is 10.2 Å². The molecule has 5 heteroatoms. The quantitative estimate of drug-likeness (QED) is 0.837. The largest absolute Gasteiger partial charge is 0.344 e. The fourth-order valence-electron chi connectivity index (χ4n) is 4.20. The van der Waals surface area contributed by atoms with Crippen LogP contribution in [0.15, 0.2) is 48.7 Å². The van der Waals surface area contributed by atoms with Crippen molar-refractivity contribution in [2.45, 2.75) is 25.3 Å². The van der Waals surface area contributed by atoms with E-state index in [1.807, 2.05) is 12.3 Å². The van der Waals surface area contributed by atoms with Gasteiger partial charge in [0.25, 0.3) is 11.7 Å². The monoisotopic (exact) mass is 352 g/mol. The van der Waals surface area contributed by atoms with E-state index in [1.54, 1.807) is 0 Å². The van der Waals surface area contributed by atoms with E-state index >= 15 is 0 Å². The van der Waals surface area contributed by atoms with Crippen molar-refractivity contribution in [3.05, 3.63) is 59.8 Å². The van der Waals surface area contributed by atoms with Crippen molar-refractivity contribution in [1.29, 1.82) is 0 Å². The molecule has 0 saturated carbocycles. The Bertz CT molecular complexity index is 741. The first-order valence-corrected chi connectivity index (χ1v) is 9.72. The average molecular weight is 352 g/mol. The fourth-order valence-corrected chi connectivity index (χ4v) is 4.20. The summed E-state index contributed by atoms with van der Waals surface area (Å²) in [5, 5.41) is 3.29. The van der Waals surface area contributed by atoms with Crippen LogP contribution in [-0.2, 0) is 11.2 Å². The molecule has 0 unspecified atom stereocenters. The maximum Gasteiger partial charge on any atom is 0.275 e. The van der Waals surface area contributed by atoms with Gasteiger partial charge in [0.1, 0.15) is 26.2 Å². The van der Waals surface area contributed by atoms with Gasteiger partial charge in [0.15, 0.2) is 6.54 Å². The second-order valence-electron chi connectivity index (χ2n) is 7.37. The van der Waals surface area contributed by atoms with E-state index in [0.29, 0.717) is 6.54 Å². The third-order valence-electron chi connectivity index (χ3n) is 5.62. The number of H-pyrrole nitrogens is 1. The first kappa shape index (κ1) is 17.0. The third kappa shape index (κ3) is 3.88. The van der Waals surface area contributed by atoms with Gasteiger partial charge in [-0.1, -0.05) is 30.3 Å². The summed E-state index contributed by atoms with van der Waals surface area (Å²) in [6.07, 6.45) is 5.30. The number of aryl methyl sites for hydroxylation is 1. The Balaban J connectivity index is 1.29. The number of hydrogen-bond donors (Lipinski definition) is 2. The number of carbonyl (C=O) groups excluding carboxylic acids is 1. The minimum Gasteiger partial charge on any atom is -0.344 e. The van der Waals surface area contributed by atoms with E-state index in [0.717, 1.165) is 51.3 Å². The summed E-state index contributed by atoms with van der Waals surface area (Å²) in [6, 6.07) is 14.9. The van der Waals surface area contributed by atoms with Crippen molar-refractivity contribution in [3.8, 4) is 0 Å². The molecule has 1 atom stereocenters. The summed E-state index contributed by atoms with van der Waals surface area (Å²) in [4.78, 5) is 19.6. The molecular formula is C21H28N4O+2. The fraction of sp³-hybridized carbons (Fsp3) is 0.429. The van der Waals surface area contributed by atoms with Crippen molar-refractivity contribution in [1.82, 2.24) is 5.32 Å². The van der Waals surface area contributed by atoms with Crippen molar-refractivity contribution in [2.75, 3.05) is 37.6 Å². The molecule has 2 aliphatic rings. The van der Waals surface area contributed by atoms with Gasteiger partial charge in [0.2, 0.25) is 0 Å². The van der Waals surface area contributed by atoms with Crippen LogP contribution in [0.4, 0.5) is 5.82 Å². The molecule has 26 heavy (non-hydrogen) atoms. The second kappa shape index (κ2) is 7.87. The topological polar surface area (TPSA) is 50.9 Å². The molecule has 136 valence electrons. The zero-order valence-electron chi connectivity index (χ0n) is 15.2. The van der Waals surface area contributed by atoms with E-state index in [1.165, 1.54) is 16.0 Å². The molecular weight excluding hydrogens is 324 g/mol. The normalized spacial score (nSPS) is 20.5. The number of fused-ring (bicyclic) bond motifs is 1. The minimum atomic E-state index is 0.182. The summed E-state index contributed by atoms with van der Waals surface area (Å²) in [7, 11) is 0. The number of rotatable bonds is 4. The molecule has 0 spiro atoms. The summed E-state index contributed by atoms with van der Waals surface area (Å²) in [5.41, 5.74) is 2.70. The average Bonchev–Trinajstić information content (AvgIpc) is 2.69. The Morgan fingerprint density at radius 2 is 1.96 bits per heavy atom. The van der Waals surface area contributed by atoms with Crippen LogP contribution in [0.25, 0.3) is 0 Å². The zero-order chi connectivity index (χ0) is 17.8. The lowest BCUT2D eigenvalue weighted by molar-refractivity contribution is -0.892. The van der Waals surface area contributed by atoms with E-state index < -0.39 is 0 Å². The van der Waals surface area contributed by atoms with E-state index in [9.17, 15) is 4.79 Å². The first-order chi connectivity index (χ1) is 12.8. The number of anilines is 1. The molecule has 0 radical (unpaired) electrons. The van der Waals surface area contributed by atoms with Gasteiger partial charge in [-0.2, -0.15) is 0 Å². The van der Waals surface area contributed by atoms with E-state index in [2.05, 4.69) is 51.6 Å². The Morgan fingerprint density at radius 3 is 2.77 bits per heavy atom. The number of quaternary nitrogens is 1.